The minimum Gasteiger partial charge on any atom is -0.368 e. The van der Waals surface area contributed by atoms with Gasteiger partial charge in [0.25, 0.3) is 5.00 Å². The molecule has 1 aliphatic rings. The van der Waals surface area contributed by atoms with Crippen LogP contribution in [0.2, 0.25) is 5.02 Å². The zero-order chi connectivity index (χ0) is 21.9. The first-order valence-corrected chi connectivity index (χ1v) is 10.9. The van der Waals surface area contributed by atoms with Gasteiger partial charge in [0.15, 0.2) is 5.83 Å². The second kappa shape index (κ2) is 8.67. The molecule has 9 heteroatoms. The van der Waals surface area contributed by atoms with Gasteiger partial charge in [-0.3, -0.25) is 4.79 Å². The van der Waals surface area contributed by atoms with Crippen LogP contribution in [-0.4, -0.2) is 25.9 Å². The normalized spacial score (nSPS) is 22.4. The third-order valence-electron chi connectivity index (χ3n) is 4.74. The lowest BCUT2D eigenvalue weighted by Gasteiger charge is -2.26. The Kier molecular flexibility index (Phi) is 6.40. The minimum atomic E-state index is -4.78. The van der Waals surface area contributed by atoms with Crippen molar-refractivity contribution in [3.8, 4) is 0 Å². The lowest BCUT2D eigenvalue weighted by atomic mass is 9.99. The molecule has 0 aromatic heterocycles. The maximum absolute atomic E-state index is 15.3. The highest BCUT2D eigenvalue weighted by Gasteiger charge is 2.50. The summed E-state index contributed by atoms with van der Waals surface area (Å²) in [5, 5.41) is -0.664. The number of benzene rings is 2. The number of alkyl halides is 1. The number of rotatable bonds is 7. The number of sulfone groups is 1. The van der Waals surface area contributed by atoms with Crippen LogP contribution in [-0.2, 0) is 14.6 Å². The predicted molar refractivity (Wildman–Crippen MR) is 111 cm³/mol. The lowest BCUT2D eigenvalue weighted by Crippen LogP contribution is -2.38. The van der Waals surface area contributed by atoms with E-state index in [0.29, 0.717) is 11.6 Å². The first kappa shape index (κ1) is 22.1. The number of carbonyl (C=O) groups excluding carboxylic acids is 1. The van der Waals surface area contributed by atoms with Crippen molar-refractivity contribution in [3.05, 3.63) is 89.2 Å². The van der Waals surface area contributed by atoms with Crippen LogP contribution in [0.1, 0.15) is 11.6 Å². The molecule has 0 radical (unpaired) electrons. The van der Waals surface area contributed by atoms with Gasteiger partial charge in [-0.05, 0) is 29.8 Å². The number of hydrogen-bond donors (Lipinski definition) is 2. The summed E-state index contributed by atoms with van der Waals surface area (Å²) in [4.78, 5) is 11.3. The highest BCUT2D eigenvalue weighted by molar-refractivity contribution is 7.93. The van der Waals surface area contributed by atoms with Gasteiger partial charge in [-0.1, -0.05) is 60.1 Å². The molecule has 0 saturated heterocycles. The SMILES string of the molecule is NC(=O)[C@H](NCC1C=CC(F)(S(=O)(=O)c2ccccc2Cl)C(F)=C1)c1ccccc1. The quantitative estimate of drug-likeness (QED) is 0.628. The van der Waals surface area contributed by atoms with E-state index in [-0.39, 0.29) is 11.6 Å². The summed E-state index contributed by atoms with van der Waals surface area (Å²) in [6.07, 6.45) is 2.76. The Labute approximate surface area is 178 Å². The second-order valence-electron chi connectivity index (χ2n) is 6.77. The van der Waals surface area contributed by atoms with E-state index in [9.17, 15) is 17.6 Å². The average molecular weight is 453 g/mol. The summed E-state index contributed by atoms with van der Waals surface area (Å²) in [7, 11) is -4.78. The van der Waals surface area contributed by atoms with Crippen molar-refractivity contribution in [2.45, 2.75) is 15.9 Å². The van der Waals surface area contributed by atoms with E-state index in [0.717, 1.165) is 12.1 Å². The fraction of sp³-hybridized carbons (Fsp3) is 0.190. The maximum Gasteiger partial charge on any atom is 0.283 e. The molecule has 2 aromatic rings. The van der Waals surface area contributed by atoms with Crippen molar-refractivity contribution >= 4 is 27.3 Å². The van der Waals surface area contributed by atoms with Crippen LogP contribution < -0.4 is 11.1 Å². The number of nitrogens with two attached hydrogens (primary N) is 1. The Morgan fingerprint density at radius 2 is 1.80 bits per heavy atom. The highest BCUT2D eigenvalue weighted by atomic mass is 35.5. The van der Waals surface area contributed by atoms with Crippen molar-refractivity contribution in [1.29, 1.82) is 0 Å². The van der Waals surface area contributed by atoms with E-state index in [2.05, 4.69) is 5.32 Å². The molecular formula is C21H19ClF2N2O3S. The van der Waals surface area contributed by atoms with Gasteiger partial charge in [-0.25, -0.2) is 17.2 Å². The monoisotopic (exact) mass is 452 g/mol. The highest BCUT2D eigenvalue weighted by Crippen LogP contribution is 2.41. The van der Waals surface area contributed by atoms with E-state index in [4.69, 9.17) is 17.3 Å². The second-order valence-corrected chi connectivity index (χ2v) is 9.22. The Morgan fingerprint density at radius 3 is 2.40 bits per heavy atom. The van der Waals surface area contributed by atoms with Gasteiger partial charge in [0, 0.05) is 12.5 Å². The van der Waals surface area contributed by atoms with Crippen LogP contribution >= 0.6 is 11.6 Å². The van der Waals surface area contributed by atoms with Crippen molar-refractivity contribution < 1.29 is 22.0 Å². The van der Waals surface area contributed by atoms with Crippen LogP contribution in [0.3, 0.4) is 0 Å². The van der Waals surface area contributed by atoms with Gasteiger partial charge in [-0.2, -0.15) is 0 Å². The molecule has 0 spiro atoms. The van der Waals surface area contributed by atoms with Crippen molar-refractivity contribution in [1.82, 2.24) is 5.32 Å². The molecule has 3 atom stereocenters. The molecule has 0 fully saturated rings. The number of primary amides is 1. The number of carbonyl (C=O) groups is 1. The standard InChI is InChI=1S/C21H19ClF2N2O3S/c22-16-8-4-5-9-17(16)30(28,29)21(24)11-10-14(12-18(21)23)13-26-19(20(25)27)15-6-2-1-3-7-15/h1-12,14,19,26H,13H2,(H2,25,27)/t14?,19-,21?/m1/s1. The minimum absolute atomic E-state index is 0.0364. The number of amides is 1. The Morgan fingerprint density at radius 1 is 1.17 bits per heavy atom. The molecule has 0 bridgehead atoms. The molecule has 0 aliphatic heterocycles. The average Bonchev–Trinajstić information content (AvgIpc) is 2.71. The van der Waals surface area contributed by atoms with Crippen LogP contribution in [0.15, 0.2) is 83.5 Å². The first-order valence-electron chi connectivity index (χ1n) is 8.99. The summed E-state index contributed by atoms with van der Waals surface area (Å²) >= 11 is 5.87. The fourth-order valence-electron chi connectivity index (χ4n) is 3.13. The summed E-state index contributed by atoms with van der Waals surface area (Å²) < 4.78 is 55.4. The Balaban J connectivity index is 1.79. The van der Waals surface area contributed by atoms with E-state index in [1.165, 1.54) is 24.3 Å². The number of nitrogens with one attached hydrogen (secondary N) is 1. The van der Waals surface area contributed by atoms with Crippen LogP contribution in [0.25, 0.3) is 0 Å². The number of halogens is 3. The summed E-state index contributed by atoms with van der Waals surface area (Å²) in [5.74, 6) is -2.79. The van der Waals surface area contributed by atoms with Crippen molar-refractivity contribution in [2.75, 3.05) is 6.54 Å². The largest absolute Gasteiger partial charge is 0.368 e. The molecule has 2 aromatic carbocycles. The van der Waals surface area contributed by atoms with E-state index >= 15 is 4.39 Å². The predicted octanol–water partition coefficient (Wildman–Crippen LogP) is 3.64. The molecule has 3 N–H and O–H groups in total. The van der Waals surface area contributed by atoms with Gasteiger partial charge < -0.3 is 11.1 Å². The van der Waals surface area contributed by atoms with Crippen LogP contribution in [0.5, 0.6) is 0 Å². The summed E-state index contributed by atoms with van der Waals surface area (Å²) in [6, 6.07) is 13.1. The Bertz CT molecular complexity index is 1110. The maximum atomic E-state index is 15.3. The third-order valence-corrected chi connectivity index (χ3v) is 7.23. The van der Waals surface area contributed by atoms with Gasteiger partial charge >= 0.3 is 0 Å². The molecule has 2 unspecified atom stereocenters. The van der Waals surface area contributed by atoms with E-state index < -0.39 is 43.4 Å². The molecule has 0 saturated carbocycles. The molecule has 1 aliphatic carbocycles. The Hall–Kier alpha value is -2.55. The van der Waals surface area contributed by atoms with Crippen LogP contribution in [0, 0.1) is 5.92 Å². The third kappa shape index (κ3) is 4.16. The van der Waals surface area contributed by atoms with Gasteiger partial charge in [0.1, 0.15) is 6.04 Å². The van der Waals surface area contributed by atoms with Gasteiger partial charge in [0.2, 0.25) is 15.7 Å². The molecule has 158 valence electrons. The van der Waals surface area contributed by atoms with Crippen molar-refractivity contribution in [2.24, 2.45) is 11.7 Å². The molecule has 5 nitrogen and oxygen atoms in total. The molecule has 0 heterocycles. The summed E-state index contributed by atoms with van der Waals surface area (Å²) in [6.45, 7) is 0.0364. The smallest absolute Gasteiger partial charge is 0.283 e. The number of hydrogen-bond acceptors (Lipinski definition) is 4. The lowest BCUT2D eigenvalue weighted by molar-refractivity contribution is -0.120. The fourth-order valence-corrected chi connectivity index (χ4v) is 5.06. The molecular weight excluding hydrogens is 434 g/mol. The zero-order valence-corrected chi connectivity index (χ0v) is 17.2. The van der Waals surface area contributed by atoms with Crippen LogP contribution in [0.4, 0.5) is 8.78 Å². The zero-order valence-electron chi connectivity index (χ0n) is 15.6. The van der Waals surface area contributed by atoms with Crippen molar-refractivity contribution in [3.63, 3.8) is 0 Å². The molecule has 1 amide bonds. The van der Waals surface area contributed by atoms with Gasteiger partial charge in [0.05, 0.1) is 9.92 Å². The first-order chi connectivity index (χ1) is 14.2. The van der Waals surface area contributed by atoms with E-state index in [1.807, 2.05) is 0 Å². The molecule has 3 rings (SSSR count). The summed E-state index contributed by atoms with van der Waals surface area (Å²) in [5.41, 5.74) is 6.05. The molecule has 30 heavy (non-hydrogen) atoms. The van der Waals surface area contributed by atoms with E-state index in [1.54, 1.807) is 30.3 Å². The van der Waals surface area contributed by atoms with Gasteiger partial charge in [-0.15, -0.1) is 0 Å². The topological polar surface area (TPSA) is 89.3 Å².